The van der Waals surface area contributed by atoms with Crippen LogP contribution in [0.5, 0.6) is 0 Å². The molecule has 0 heterocycles. The van der Waals surface area contributed by atoms with E-state index in [-0.39, 0.29) is 11.3 Å². The quantitative estimate of drug-likeness (QED) is 0.605. The second kappa shape index (κ2) is 6.03. The Kier molecular flexibility index (Phi) is 5.18. The van der Waals surface area contributed by atoms with Crippen LogP contribution in [0.25, 0.3) is 0 Å². The van der Waals surface area contributed by atoms with Crippen LogP contribution in [0.2, 0.25) is 0 Å². The minimum Gasteiger partial charge on any atom is -0.266 e. The maximum Gasteiger partial charge on any atom is 0.389 e. The van der Waals surface area contributed by atoms with Gasteiger partial charge in [0.05, 0.1) is 11.5 Å². The SMILES string of the molecule is O=S(=O)(OCCCC(F)(F)F)c1ccc(Br)cc1. The summed E-state index contributed by atoms with van der Waals surface area (Å²) in [6.45, 7) is -0.488. The zero-order valence-electron chi connectivity index (χ0n) is 9.08. The summed E-state index contributed by atoms with van der Waals surface area (Å²) in [4.78, 5) is -0.0855. The summed E-state index contributed by atoms with van der Waals surface area (Å²) in [7, 11) is -3.98. The molecule has 3 nitrogen and oxygen atoms in total. The molecule has 0 aliphatic heterocycles. The molecule has 1 rings (SSSR count). The van der Waals surface area contributed by atoms with Gasteiger partial charge in [-0.2, -0.15) is 21.6 Å². The van der Waals surface area contributed by atoms with Crippen molar-refractivity contribution in [2.24, 2.45) is 0 Å². The number of alkyl halides is 3. The minimum atomic E-state index is -4.30. The lowest BCUT2D eigenvalue weighted by Crippen LogP contribution is -2.12. The predicted molar refractivity (Wildman–Crippen MR) is 62.6 cm³/mol. The van der Waals surface area contributed by atoms with E-state index in [4.69, 9.17) is 0 Å². The van der Waals surface area contributed by atoms with E-state index >= 15 is 0 Å². The zero-order chi connectivity index (χ0) is 13.8. The molecule has 0 N–H and O–H groups in total. The highest BCUT2D eigenvalue weighted by Gasteiger charge is 2.26. The molecule has 0 fully saturated rings. The third kappa shape index (κ3) is 5.36. The lowest BCUT2D eigenvalue weighted by Gasteiger charge is -2.07. The lowest BCUT2D eigenvalue weighted by molar-refractivity contribution is -0.136. The van der Waals surface area contributed by atoms with Crippen molar-refractivity contribution in [3.63, 3.8) is 0 Å². The summed E-state index contributed by atoms with van der Waals surface area (Å²) in [5, 5.41) is 0. The van der Waals surface area contributed by atoms with Gasteiger partial charge in [0.2, 0.25) is 0 Å². The lowest BCUT2D eigenvalue weighted by atomic mass is 10.3. The molecule has 0 saturated carbocycles. The fourth-order valence-electron chi connectivity index (χ4n) is 1.11. The van der Waals surface area contributed by atoms with Crippen LogP contribution in [0.15, 0.2) is 33.6 Å². The maximum absolute atomic E-state index is 11.8. The van der Waals surface area contributed by atoms with Gasteiger partial charge < -0.3 is 0 Å². The predicted octanol–water partition coefficient (Wildman–Crippen LogP) is 3.50. The van der Waals surface area contributed by atoms with E-state index in [0.29, 0.717) is 4.47 Å². The molecule has 8 heteroatoms. The fourth-order valence-corrected chi connectivity index (χ4v) is 2.32. The van der Waals surface area contributed by atoms with Crippen molar-refractivity contribution >= 4 is 26.0 Å². The Hall–Kier alpha value is -0.600. The maximum atomic E-state index is 11.8. The average molecular weight is 347 g/mol. The Morgan fingerprint density at radius 1 is 1.17 bits per heavy atom. The van der Waals surface area contributed by atoms with Gasteiger partial charge in [0.1, 0.15) is 0 Å². The molecule has 0 amide bonds. The molecule has 102 valence electrons. The standard InChI is InChI=1S/C10H10BrF3O3S/c11-8-2-4-9(5-3-8)18(15,16)17-7-1-6-10(12,13)14/h2-5H,1,6-7H2. The number of rotatable bonds is 5. The van der Waals surface area contributed by atoms with Crippen molar-refractivity contribution in [3.05, 3.63) is 28.7 Å². The molecule has 0 saturated heterocycles. The molecular formula is C10H10BrF3O3S. The van der Waals surface area contributed by atoms with Crippen LogP contribution >= 0.6 is 15.9 Å². The van der Waals surface area contributed by atoms with Gasteiger partial charge in [-0.15, -0.1) is 0 Å². The molecule has 0 radical (unpaired) electrons. The smallest absolute Gasteiger partial charge is 0.266 e. The van der Waals surface area contributed by atoms with Gasteiger partial charge in [0, 0.05) is 10.9 Å². The van der Waals surface area contributed by atoms with E-state index in [9.17, 15) is 21.6 Å². The highest BCUT2D eigenvalue weighted by Crippen LogP contribution is 2.22. The van der Waals surface area contributed by atoms with Gasteiger partial charge in [-0.1, -0.05) is 15.9 Å². The van der Waals surface area contributed by atoms with E-state index in [2.05, 4.69) is 20.1 Å². The van der Waals surface area contributed by atoms with Crippen LogP contribution in [0.4, 0.5) is 13.2 Å². The molecule has 0 aliphatic carbocycles. The van der Waals surface area contributed by atoms with Crippen LogP contribution in [0.1, 0.15) is 12.8 Å². The molecule has 0 aromatic heterocycles. The number of hydrogen-bond acceptors (Lipinski definition) is 3. The first-order valence-corrected chi connectivity index (χ1v) is 7.12. The topological polar surface area (TPSA) is 43.4 Å². The number of hydrogen-bond donors (Lipinski definition) is 0. The Bertz CT molecular complexity index is 482. The van der Waals surface area contributed by atoms with Crippen LogP contribution in [0, 0.1) is 0 Å². The van der Waals surface area contributed by atoms with Gasteiger partial charge in [-0.05, 0) is 30.7 Å². The van der Waals surface area contributed by atoms with Crippen molar-refractivity contribution < 1.29 is 25.8 Å². The summed E-state index contributed by atoms with van der Waals surface area (Å²) in [6.07, 6.45) is -5.76. The number of halogens is 4. The summed E-state index contributed by atoms with van der Waals surface area (Å²) < 4.78 is 63.8. The first-order valence-electron chi connectivity index (χ1n) is 4.92. The third-order valence-electron chi connectivity index (χ3n) is 1.95. The molecule has 1 aromatic carbocycles. The van der Waals surface area contributed by atoms with E-state index in [0.717, 1.165) is 0 Å². The average Bonchev–Trinajstić information content (AvgIpc) is 2.24. The number of benzene rings is 1. The second-order valence-corrected chi connectivity index (χ2v) is 5.98. The Morgan fingerprint density at radius 3 is 2.22 bits per heavy atom. The second-order valence-electron chi connectivity index (χ2n) is 3.45. The molecular weight excluding hydrogens is 337 g/mol. The van der Waals surface area contributed by atoms with Gasteiger partial charge in [-0.3, -0.25) is 4.18 Å². The van der Waals surface area contributed by atoms with Gasteiger partial charge in [0.15, 0.2) is 0 Å². The van der Waals surface area contributed by atoms with Gasteiger partial charge >= 0.3 is 6.18 Å². The van der Waals surface area contributed by atoms with Gasteiger partial charge in [-0.25, -0.2) is 0 Å². The molecule has 0 unspecified atom stereocenters. The highest BCUT2D eigenvalue weighted by atomic mass is 79.9. The monoisotopic (exact) mass is 346 g/mol. The highest BCUT2D eigenvalue weighted by molar-refractivity contribution is 9.10. The van der Waals surface area contributed by atoms with Crippen molar-refractivity contribution in [1.29, 1.82) is 0 Å². The Balaban J connectivity index is 2.53. The Labute approximate surface area is 111 Å². The van der Waals surface area contributed by atoms with Crippen LogP contribution in [0.3, 0.4) is 0 Å². The van der Waals surface area contributed by atoms with Crippen molar-refractivity contribution in [2.45, 2.75) is 23.9 Å². The third-order valence-corrected chi connectivity index (χ3v) is 3.80. The minimum absolute atomic E-state index is 0.0855. The summed E-state index contributed by atoms with van der Waals surface area (Å²) in [6, 6.07) is 5.63. The van der Waals surface area contributed by atoms with Crippen LogP contribution in [-0.2, 0) is 14.3 Å². The van der Waals surface area contributed by atoms with Crippen LogP contribution < -0.4 is 0 Å². The summed E-state index contributed by atoms with van der Waals surface area (Å²) in [5.41, 5.74) is 0. The Morgan fingerprint density at radius 2 is 1.72 bits per heavy atom. The van der Waals surface area contributed by atoms with E-state index in [1.165, 1.54) is 24.3 Å². The molecule has 0 bridgehead atoms. The van der Waals surface area contributed by atoms with E-state index < -0.39 is 29.3 Å². The zero-order valence-corrected chi connectivity index (χ0v) is 11.5. The van der Waals surface area contributed by atoms with Crippen molar-refractivity contribution in [3.8, 4) is 0 Å². The molecule has 18 heavy (non-hydrogen) atoms. The summed E-state index contributed by atoms with van der Waals surface area (Å²) >= 11 is 3.14. The van der Waals surface area contributed by atoms with E-state index in [1.54, 1.807) is 0 Å². The van der Waals surface area contributed by atoms with Crippen molar-refractivity contribution in [2.75, 3.05) is 6.61 Å². The molecule has 1 aromatic rings. The van der Waals surface area contributed by atoms with E-state index in [1.807, 2.05) is 0 Å². The fraction of sp³-hybridized carbons (Fsp3) is 0.400. The first kappa shape index (κ1) is 15.5. The molecule has 0 aliphatic rings. The summed E-state index contributed by atoms with van der Waals surface area (Å²) in [5.74, 6) is 0. The van der Waals surface area contributed by atoms with Crippen LogP contribution in [-0.4, -0.2) is 21.2 Å². The largest absolute Gasteiger partial charge is 0.389 e. The normalized spacial score (nSPS) is 12.7. The first-order chi connectivity index (χ1) is 8.21. The molecule has 0 spiro atoms. The van der Waals surface area contributed by atoms with Gasteiger partial charge in [0.25, 0.3) is 10.1 Å². The molecule has 0 atom stereocenters. The van der Waals surface area contributed by atoms with Crippen molar-refractivity contribution in [1.82, 2.24) is 0 Å².